The van der Waals surface area contributed by atoms with Crippen molar-refractivity contribution in [1.29, 1.82) is 0 Å². The van der Waals surface area contributed by atoms with Crippen LogP contribution in [0.15, 0.2) is 24.3 Å². The van der Waals surface area contributed by atoms with Crippen LogP contribution in [0.3, 0.4) is 0 Å². The minimum Gasteiger partial charge on any atom is -0.378 e. The molecule has 0 aliphatic carbocycles. The fraction of sp³-hybridized carbons (Fsp3) is 0.538. The molecule has 1 aromatic carbocycles. The number of hydrogen-bond acceptors (Lipinski definition) is 3. The lowest BCUT2D eigenvalue weighted by molar-refractivity contribution is 0.275. The van der Waals surface area contributed by atoms with Gasteiger partial charge in [0.25, 0.3) is 0 Å². The third kappa shape index (κ3) is 2.97. The van der Waals surface area contributed by atoms with Crippen LogP contribution in [0.5, 0.6) is 0 Å². The van der Waals surface area contributed by atoms with E-state index in [2.05, 4.69) is 55.4 Å². The van der Waals surface area contributed by atoms with Gasteiger partial charge in [0.05, 0.1) is 6.04 Å². The number of anilines is 1. The summed E-state index contributed by atoms with van der Waals surface area (Å²) < 4.78 is 0. The van der Waals surface area contributed by atoms with E-state index in [1.807, 2.05) is 14.1 Å². The molecule has 0 heterocycles. The number of nitrogens with one attached hydrogen (secondary N) is 1. The zero-order chi connectivity index (χ0) is 12.3. The second kappa shape index (κ2) is 4.85. The van der Waals surface area contributed by atoms with E-state index in [-0.39, 0.29) is 11.5 Å². The van der Waals surface area contributed by atoms with Crippen molar-refractivity contribution < 1.29 is 0 Å². The summed E-state index contributed by atoms with van der Waals surface area (Å²) in [7, 11) is 4.08. The number of hydrogen-bond donors (Lipinski definition) is 2. The van der Waals surface area contributed by atoms with Crippen molar-refractivity contribution in [2.75, 3.05) is 19.0 Å². The molecule has 0 radical (unpaired) electrons. The maximum atomic E-state index is 5.63. The minimum atomic E-state index is 0.106. The molecule has 0 aliphatic rings. The second-order valence-electron chi connectivity index (χ2n) is 5.45. The van der Waals surface area contributed by atoms with Gasteiger partial charge in [-0.1, -0.05) is 32.9 Å². The summed E-state index contributed by atoms with van der Waals surface area (Å²) in [6.45, 7) is 6.53. The molecule has 16 heavy (non-hydrogen) atoms. The van der Waals surface area contributed by atoms with Gasteiger partial charge in [-0.3, -0.25) is 11.3 Å². The van der Waals surface area contributed by atoms with E-state index in [1.54, 1.807) is 0 Å². The van der Waals surface area contributed by atoms with Gasteiger partial charge in [-0.05, 0) is 23.1 Å². The molecule has 0 spiro atoms. The van der Waals surface area contributed by atoms with Gasteiger partial charge in [0.2, 0.25) is 0 Å². The van der Waals surface area contributed by atoms with E-state index in [0.29, 0.717) is 0 Å². The van der Waals surface area contributed by atoms with Crippen LogP contribution in [0.4, 0.5) is 5.69 Å². The molecule has 0 amide bonds. The Morgan fingerprint density at radius 2 is 1.62 bits per heavy atom. The van der Waals surface area contributed by atoms with E-state index in [1.165, 1.54) is 11.3 Å². The number of rotatable bonds is 3. The lowest BCUT2D eigenvalue weighted by atomic mass is 9.83. The van der Waals surface area contributed by atoms with Crippen molar-refractivity contribution in [2.45, 2.75) is 26.8 Å². The van der Waals surface area contributed by atoms with Crippen LogP contribution in [-0.2, 0) is 0 Å². The van der Waals surface area contributed by atoms with Crippen LogP contribution in [0, 0.1) is 5.41 Å². The maximum absolute atomic E-state index is 5.63. The summed E-state index contributed by atoms with van der Waals surface area (Å²) in [5, 5.41) is 0. The summed E-state index contributed by atoms with van der Waals surface area (Å²) >= 11 is 0. The summed E-state index contributed by atoms with van der Waals surface area (Å²) in [5.41, 5.74) is 5.42. The van der Waals surface area contributed by atoms with Crippen LogP contribution < -0.4 is 16.2 Å². The number of nitrogens with zero attached hydrogens (tertiary/aromatic N) is 1. The SMILES string of the molecule is CN(C)c1ccc(C(NN)C(C)(C)C)cc1. The van der Waals surface area contributed by atoms with Crippen molar-refractivity contribution >= 4 is 5.69 Å². The molecule has 0 aliphatic heterocycles. The molecular weight excluding hydrogens is 198 g/mol. The van der Waals surface area contributed by atoms with Crippen LogP contribution in [0.25, 0.3) is 0 Å². The highest BCUT2D eigenvalue weighted by Gasteiger charge is 2.24. The number of hydrazine groups is 1. The predicted molar refractivity (Wildman–Crippen MR) is 70.3 cm³/mol. The van der Waals surface area contributed by atoms with E-state index >= 15 is 0 Å². The Bertz CT molecular complexity index is 322. The van der Waals surface area contributed by atoms with Crippen LogP contribution in [0.2, 0.25) is 0 Å². The topological polar surface area (TPSA) is 41.3 Å². The van der Waals surface area contributed by atoms with E-state index in [4.69, 9.17) is 5.84 Å². The molecule has 1 rings (SSSR count). The first-order valence-electron chi connectivity index (χ1n) is 5.59. The molecular formula is C13H23N3. The van der Waals surface area contributed by atoms with Crippen LogP contribution in [0.1, 0.15) is 32.4 Å². The quantitative estimate of drug-likeness (QED) is 0.608. The van der Waals surface area contributed by atoms with Crippen molar-refractivity contribution in [3.05, 3.63) is 29.8 Å². The highest BCUT2D eigenvalue weighted by atomic mass is 15.2. The molecule has 0 saturated heterocycles. The Morgan fingerprint density at radius 1 is 1.12 bits per heavy atom. The molecule has 3 N–H and O–H groups in total. The average Bonchev–Trinajstić information content (AvgIpc) is 2.17. The first-order valence-corrected chi connectivity index (χ1v) is 5.59. The number of nitrogens with two attached hydrogens (primary N) is 1. The lowest BCUT2D eigenvalue weighted by Crippen LogP contribution is -2.36. The summed E-state index contributed by atoms with van der Waals surface area (Å²) in [4.78, 5) is 2.09. The van der Waals surface area contributed by atoms with Crippen molar-refractivity contribution in [2.24, 2.45) is 11.3 Å². The van der Waals surface area contributed by atoms with Gasteiger partial charge in [-0.25, -0.2) is 0 Å². The Hall–Kier alpha value is -1.06. The Labute approximate surface area is 98.6 Å². The predicted octanol–water partition coefficient (Wildman–Crippen LogP) is 2.30. The minimum absolute atomic E-state index is 0.106. The van der Waals surface area contributed by atoms with Gasteiger partial charge in [0.1, 0.15) is 0 Å². The molecule has 0 fully saturated rings. The third-order valence-electron chi connectivity index (χ3n) is 2.78. The lowest BCUT2D eigenvalue weighted by Gasteiger charge is -2.30. The standard InChI is InChI=1S/C13H23N3/c1-13(2,3)12(15-14)10-6-8-11(9-7-10)16(4)5/h6-9,12,15H,14H2,1-5H3. The fourth-order valence-electron chi connectivity index (χ4n) is 1.81. The first kappa shape index (κ1) is 13.0. The van der Waals surface area contributed by atoms with Gasteiger partial charge >= 0.3 is 0 Å². The van der Waals surface area contributed by atoms with Crippen LogP contribution >= 0.6 is 0 Å². The highest BCUT2D eigenvalue weighted by molar-refractivity contribution is 5.46. The van der Waals surface area contributed by atoms with Crippen molar-refractivity contribution in [3.63, 3.8) is 0 Å². The number of benzene rings is 1. The molecule has 90 valence electrons. The zero-order valence-corrected chi connectivity index (χ0v) is 10.9. The van der Waals surface area contributed by atoms with Crippen molar-refractivity contribution in [3.8, 4) is 0 Å². The van der Waals surface area contributed by atoms with Gasteiger partial charge < -0.3 is 4.90 Å². The van der Waals surface area contributed by atoms with Gasteiger partial charge in [0, 0.05) is 19.8 Å². The van der Waals surface area contributed by atoms with Gasteiger partial charge in [-0.15, -0.1) is 0 Å². The van der Waals surface area contributed by atoms with E-state index in [9.17, 15) is 0 Å². The van der Waals surface area contributed by atoms with Crippen molar-refractivity contribution in [1.82, 2.24) is 5.43 Å². The van der Waals surface area contributed by atoms with E-state index in [0.717, 1.165) is 0 Å². The molecule has 1 atom stereocenters. The molecule has 1 aromatic rings. The first-order chi connectivity index (χ1) is 7.36. The Morgan fingerprint density at radius 3 is 1.94 bits per heavy atom. The normalized spacial score (nSPS) is 13.6. The second-order valence-corrected chi connectivity index (χ2v) is 5.45. The van der Waals surface area contributed by atoms with Gasteiger partial charge in [0.15, 0.2) is 0 Å². The molecule has 1 unspecified atom stereocenters. The fourth-order valence-corrected chi connectivity index (χ4v) is 1.81. The monoisotopic (exact) mass is 221 g/mol. The Kier molecular flexibility index (Phi) is 3.94. The highest BCUT2D eigenvalue weighted by Crippen LogP contribution is 2.32. The van der Waals surface area contributed by atoms with Gasteiger partial charge in [-0.2, -0.15) is 0 Å². The van der Waals surface area contributed by atoms with Crippen LogP contribution in [-0.4, -0.2) is 14.1 Å². The zero-order valence-electron chi connectivity index (χ0n) is 10.9. The largest absolute Gasteiger partial charge is 0.378 e. The molecule has 3 nitrogen and oxygen atoms in total. The smallest absolute Gasteiger partial charge is 0.0508 e. The summed E-state index contributed by atoms with van der Waals surface area (Å²) in [6, 6.07) is 8.66. The third-order valence-corrected chi connectivity index (χ3v) is 2.78. The molecule has 0 saturated carbocycles. The molecule has 0 bridgehead atoms. The summed E-state index contributed by atoms with van der Waals surface area (Å²) in [5.74, 6) is 5.63. The average molecular weight is 221 g/mol. The molecule has 0 aromatic heterocycles. The molecule has 3 heteroatoms. The summed E-state index contributed by atoms with van der Waals surface area (Å²) in [6.07, 6.45) is 0. The van der Waals surface area contributed by atoms with E-state index < -0.39 is 0 Å². The Balaban J connectivity index is 2.96. The maximum Gasteiger partial charge on any atom is 0.0508 e.